The topological polar surface area (TPSA) is 40.5 Å². The van der Waals surface area contributed by atoms with Gasteiger partial charge in [0.25, 0.3) is 0 Å². The highest BCUT2D eigenvalue weighted by Crippen LogP contribution is 2.34. The predicted octanol–water partition coefficient (Wildman–Crippen LogP) is 4.37. The average Bonchev–Trinajstić information content (AvgIpc) is 2.38. The van der Waals surface area contributed by atoms with Crippen LogP contribution in [-0.4, -0.2) is 10.2 Å². The molecule has 0 saturated carbocycles. The van der Waals surface area contributed by atoms with Crippen LogP contribution >= 0.6 is 0 Å². The van der Waals surface area contributed by atoms with E-state index in [0.29, 0.717) is 11.1 Å². The molecule has 0 radical (unpaired) electrons. The minimum absolute atomic E-state index is 0.223. The standard InChI is InChI=1S/C16H20O2/c1-2-3-4-5-7-12-10-11-13-14(16(12)18)8-6-9-15(13)17/h6,8-11,17-18H,2-5,7H2,1H3. The average molecular weight is 244 g/mol. The molecule has 2 heteroatoms. The van der Waals surface area contributed by atoms with Crippen molar-refractivity contribution in [3.05, 3.63) is 35.9 Å². The van der Waals surface area contributed by atoms with Crippen LogP contribution in [0, 0.1) is 0 Å². The van der Waals surface area contributed by atoms with Gasteiger partial charge in [-0.25, -0.2) is 0 Å². The summed E-state index contributed by atoms with van der Waals surface area (Å²) in [5.41, 5.74) is 0.976. The van der Waals surface area contributed by atoms with E-state index in [1.807, 2.05) is 18.2 Å². The van der Waals surface area contributed by atoms with E-state index in [1.165, 1.54) is 19.3 Å². The highest BCUT2D eigenvalue weighted by molar-refractivity contribution is 5.93. The third-order valence-corrected chi connectivity index (χ3v) is 3.39. The van der Waals surface area contributed by atoms with E-state index in [2.05, 4.69) is 6.92 Å². The van der Waals surface area contributed by atoms with E-state index in [-0.39, 0.29) is 5.75 Å². The van der Waals surface area contributed by atoms with Crippen molar-refractivity contribution in [2.45, 2.75) is 39.0 Å². The number of rotatable bonds is 5. The van der Waals surface area contributed by atoms with E-state index >= 15 is 0 Å². The van der Waals surface area contributed by atoms with E-state index in [1.54, 1.807) is 12.1 Å². The SMILES string of the molecule is CCCCCCc1ccc2c(O)cccc2c1O. The van der Waals surface area contributed by atoms with Gasteiger partial charge in [-0.1, -0.05) is 50.5 Å². The van der Waals surface area contributed by atoms with Crippen LogP contribution in [0.25, 0.3) is 10.8 Å². The van der Waals surface area contributed by atoms with Gasteiger partial charge in [0.15, 0.2) is 0 Å². The Hall–Kier alpha value is -1.70. The lowest BCUT2D eigenvalue weighted by Gasteiger charge is -2.09. The van der Waals surface area contributed by atoms with E-state index in [9.17, 15) is 10.2 Å². The molecule has 0 aromatic heterocycles. The molecule has 0 unspecified atom stereocenters. The van der Waals surface area contributed by atoms with Crippen LogP contribution in [0.1, 0.15) is 38.2 Å². The van der Waals surface area contributed by atoms with Gasteiger partial charge in [0, 0.05) is 10.8 Å². The Morgan fingerprint density at radius 1 is 0.889 bits per heavy atom. The number of aromatic hydroxyl groups is 2. The summed E-state index contributed by atoms with van der Waals surface area (Å²) in [6.45, 7) is 2.19. The molecule has 96 valence electrons. The summed E-state index contributed by atoms with van der Waals surface area (Å²) >= 11 is 0. The molecular formula is C16H20O2. The minimum Gasteiger partial charge on any atom is -0.507 e. The van der Waals surface area contributed by atoms with E-state index < -0.39 is 0 Å². The number of aryl methyl sites for hydroxylation is 1. The fourth-order valence-corrected chi connectivity index (χ4v) is 2.31. The molecule has 0 amide bonds. The second kappa shape index (κ2) is 5.76. The van der Waals surface area contributed by atoms with Gasteiger partial charge in [0.1, 0.15) is 11.5 Å². The quantitative estimate of drug-likeness (QED) is 0.766. The zero-order valence-corrected chi connectivity index (χ0v) is 10.8. The Morgan fingerprint density at radius 2 is 1.72 bits per heavy atom. The third-order valence-electron chi connectivity index (χ3n) is 3.39. The molecule has 0 heterocycles. The fourth-order valence-electron chi connectivity index (χ4n) is 2.31. The first-order valence-corrected chi connectivity index (χ1v) is 6.66. The van der Waals surface area contributed by atoms with Gasteiger partial charge in [-0.05, 0) is 24.5 Å². The number of hydrogen-bond donors (Lipinski definition) is 2. The van der Waals surface area contributed by atoms with E-state index in [4.69, 9.17) is 0 Å². The van der Waals surface area contributed by atoms with Crippen molar-refractivity contribution < 1.29 is 10.2 Å². The molecule has 0 aliphatic carbocycles. The van der Waals surface area contributed by atoms with Crippen molar-refractivity contribution in [1.29, 1.82) is 0 Å². The first-order valence-electron chi connectivity index (χ1n) is 6.66. The number of phenolic OH excluding ortho intramolecular Hbond substituents is 2. The van der Waals surface area contributed by atoms with Gasteiger partial charge in [0.2, 0.25) is 0 Å². The van der Waals surface area contributed by atoms with Crippen molar-refractivity contribution in [1.82, 2.24) is 0 Å². The lowest BCUT2D eigenvalue weighted by Crippen LogP contribution is -1.88. The Labute approximate surface area is 108 Å². The minimum atomic E-state index is 0.223. The van der Waals surface area contributed by atoms with Crippen LogP contribution in [-0.2, 0) is 6.42 Å². The van der Waals surface area contributed by atoms with Crippen molar-refractivity contribution in [2.75, 3.05) is 0 Å². The molecule has 2 aromatic rings. The fraction of sp³-hybridized carbons (Fsp3) is 0.375. The Morgan fingerprint density at radius 3 is 2.50 bits per heavy atom. The summed E-state index contributed by atoms with van der Waals surface area (Å²) in [6, 6.07) is 9.06. The van der Waals surface area contributed by atoms with Crippen molar-refractivity contribution in [3.8, 4) is 11.5 Å². The van der Waals surface area contributed by atoms with E-state index in [0.717, 1.165) is 23.8 Å². The van der Waals surface area contributed by atoms with Gasteiger partial charge < -0.3 is 10.2 Å². The maximum Gasteiger partial charge on any atom is 0.126 e. The number of benzene rings is 2. The molecule has 2 aromatic carbocycles. The van der Waals surface area contributed by atoms with Crippen molar-refractivity contribution in [2.24, 2.45) is 0 Å². The summed E-state index contributed by atoms with van der Waals surface area (Å²) in [5.74, 6) is 0.542. The largest absolute Gasteiger partial charge is 0.507 e. The summed E-state index contributed by atoms with van der Waals surface area (Å²) in [7, 11) is 0. The van der Waals surface area contributed by atoms with Gasteiger partial charge in [-0.15, -0.1) is 0 Å². The predicted molar refractivity (Wildman–Crippen MR) is 75.1 cm³/mol. The summed E-state index contributed by atoms with van der Waals surface area (Å²) < 4.78 is 0. The highest BCUT2D eigenvalue weighted by atomic mass is 16.3. The van der Waals surface area contributed by atoms with Crippen molar-refractivity contribution >= 4 is 10.8 Å². The zero-order valence-electron chi connectivity index (χ0n) is 10.8. The van der Waals surface area contributed by atoms with Crippen LogP contribution in [0.2, 0.25) is 0 Å². The molecule has 2 nitrogen and oxygen atoms in total. The second-order valence-electron chi connectivity index (χ2n) is 4.76. The molecule has 0 fully saturated rings. The van der Waals surface area contributed by atoms with Crippen LogP contribution < -0.4 is 0 Å². The Kier molecular flexibility index (Phi) is 4.08. The number of fused-ring (bicyclic) bond motifs is 1. The summed E-state index contributed by atoms with van der Waals surface area (Å²) in [6.07, 6.45) is 5.67. The summed E-state index contributed by atoms with van der Waals surface area (Å²) in [4.78, 5) is 0. The summed E-state index contributed by atoms with van der Waals surface area (Å²) in [5, 5.41) is 21.4. The Balaban J connectivity index is 2.22. The third kappa shape index (κ3) is 2.58. The molecule has 2 rings (SSSR count). The lowest BCUT2D eigenvalue weighted by molar-refractivity contribution is 0.469. The Bertz CT molecular complexity index is 532. The van der Waals surface area contributed by atoms with Crippen molar-refractivity contribution in [3.63, 3.8) is 0 Å². The molecule has 0 atom stereocenters. The lowest BCUT2D eigenvalue weighted by atomic mass is 10.0. The van der Waals surface area contributed by atoms with Crippen LogP contribution in [0.3, 0.4) is 0 Å². The van der Waals surface area contributed by atoms with Crippen LogP contribution in [0.4, 0.5) is 0 Å². The van der Waals surface area contributed by atoms with Crippen LogP contribution in [0.15, 0.2) is 30.3 Å². The smallest absolute Gasteiger partial charge is 0.126 e. The monoisotopic (exact) mass is 244 g/mol. The molecule has 0 aliphatic rings. The normalized spacial score (nSPS) is 10.9. The molecule has 0 aliphatic heterocycles. The maximum atomic E-state index is 10.2. The first-order chi connectivity index (χ1) is 8.74. The van der Waals surface area contributed by atoms with Crippen LogP contribution in [0.5, 0.6) is 11.5 Å². The highest BCUT2D eigenvalue weighted by Gasteiger charge is 2.08. The molecule has 2 N–H and O–H groups in total. The maximum absolute atomic E-state index is 10.2. The van der Waals surface area contributed by atoms with Gasteiger partial charge >= 0.3 is 0 Å². The molecular weight excluding hydrogens is 224 g/mol. The van der Waals surface area contributed by atoms with Gasteiger partial charge in [-0.2, -0.15) is 0 Å². The molecule has 18 heavy (non-hydrogen) atoms. The first kappa shape index (κ1) is 12.7. The number of unbranched alkanes of at least 4 members (excludes halogenated alkanes) is 3. The molecule has 0 saturated heterocycles. The second-order valence-corrected chi connectivity index (χ2v) is 4.76. The number of hydrogen-bond acceptors (Lipinski definition) is 2. The molecule has 0 bridgehead atoms. The zero-order chi connectivity index (χ0) is 13.0. The van der Waals surface area contributed by atoms with Gasteiger partial charge in [0.05, 0.1) is 0 Å². The van der Waals surface area contributed by atoms with Gasteiger partial charge in [-0.3, -0.25) is 0 Å². The molecule has 0 spiro atoms. The number of phenols is 2.